The van der Waals surface area contributed by atoms with Gasteiger partial charge in [-0.25, -0.2) is 4.79 Å². The van der Waals surface area contributed by atoms with Crippen molar-refractivity contribution in [1.29, 1.82) is 0 Å². The van der Waals surface area contributed by atoms with E-state index in [1.165, 1.54) is 22.6 Å². The summed E-state index contributed by atoms with van der Waals surface area (Å²) in [4.78, 5) is 15.4. The number of hydrogen-bond acceptors (Lipinski definition) is 4. The third kappa shape index (κ3) is 3.74. The summed E-state index contributed by atoms with van der Waals surface area (Å²) in [5.41, 5.74) is 5.24. The number of carbonyl (C=O) groups is 1. The number of H-pyrrole nitrogens is 1. The highest BCUT2D eigenvalue weighted by Gasteiger charge is 2.38. The standard InChI is InChI=1S/C23H31NO4/c1-5-23(10-11-25)22-17(9-12-28-23)19-14-16(7-8-20(26)27-6-2)13-18(15(3)4)21(19)24-22/h7-8,13-15,24-25H,5-6,9-12H2,1-4H3/b8-7+. The van der Waals surface area contributed by atoms with Crippen LogP contribution in [0.1, 0.15) is 68.8 Å². The second kappa shape index (κ2) is 8.50. The van der Waals surface area contributed by atoms with Gasteiger partial charge in [0.2, 0.25) is 0 Å². The fourth-order valence-electron chi connectivity index (χ4n) is 4.21. The molecule has 152 valence electrons. The molecule has 0 aliphatic carbocycles. The first-order valence-electron chi connectivity index (χ1n) is 10.2. The van der Waals surface area contributed by atoms with Crippen molar-refractivity contribution in [2.24, 2.45) is 0 Å². The van der Waals surface area contributed by atoms with Gasteiger partial charge in [-0.3, -0.25) is 0 Å². The Hall–Kier alpha value is -2.11. The maximum absolute atomic E-state index is 11.7. The van der Waals surface area contributed by atoms with Gasteiger partial charge < -0.3 is 19.6 Å². The van der Waals surface area contributed by atoms with Crippen LogP contribution in [-0.2, 0) is 26.3 Å². The molecule has 1 aliphatic rings. The number of aliphatic hydroxyl groups is 1. The normalized spacial score (nSPS) is 19.5. The zero-order valence-corrected chi connectivity index (χ0v) is 17.3. The van der Waals surface area contributed by atoms with E-state index < -0.39 is 5.60 Å². The molecule has 0 bridgehead atoms. The summed E-state index contributed by atoms with van der Waals surface area (Å²) in [6, 6.07) is 4.27. The molecule has 2 heterocycles. The van der Waals surface area contributed by atoms with Crippen molar-refractivity contribution in [2.45, 2.75) is 58.5 Å². The number of fused-ring (bicyclic) bond motifs is 3. The molecule has 5 heteroatoms. The highest BCUT2D eigenvalue weighted by molar-refractivity contribution is 5.92. The Kier molecular flexibility index (Phi) is 6.26. The molecule has 2 N–H and O–H groups in total. The number of carbonyl (C=O) groups excluding carboxylic acids is 1. The van der Waals surface area contributed by atoms with E-state index in [4.69, 9.17) is 9.47 Å². The molecule has 0 saturated carbocycles. The quantitative estimate of drug-likeness (QED) is 0.546. The molecule has 1 aromatic carbocycles. The first-order valence-corrected chi connectivity index (χ1v) is 10.2. The smallest absolute Gasteiger partial charge is 0.330 e. The lowest BCUT2D eigenvalue weighted by Gasteiger charge is -2.36. The lowest BCUT2D eigenvalue weighted by molar-refractivity contribution is -0.137. The van der Waals surface area contributed by atoms with Crippen molar-refractivity contribution in [3.05, 3.63) is 40.6 Å². The van der Waals surface area contributed by atoms with E-state index in [2.05, 4.69) is 37.9 Å². The molecule has 1 atom stereocenters. The van der Waals surface area contributed by atoms with Crippen molar-refractivity contribution in [3.8, 4) is 0 Å². The number of ether oxygens (including phenoxy) is 2. The van der Waals surface area contributed by atoms with Crippen LogP contribution >= 0.6 is 0 Å². The van der Waals surface area contributed by atoms with Crippen LogP contribution < -0.4 is 0 Å². The molecule has 0 spiro atoms. The van der Waals surface area contributed by atoms with Crippen molar-refractivity contribution >= 4 is 22.9 Å². The number of hydrogen-bond donors (Lipinski definition) is 2. The summed E-state index contributed by atoms with van der Waals surface area (Å²) in [6.07, 6.45) is 5.53. The molecule has 2 aromatic rings. The van der Waals surface area contributed by atoms with Gasteiger partial charge in [-0.2, -0.15) is 0 Å². The van der Waals surface area contributed by atoms with Crippen LogP contribution in [0.3, 0.4) is 0 Å². The summed E-state index contributed by atoms with van der Waals surface area (Å²) in [5, 5.41) is 10.8. The van der Waals surface area contributed by atoms with Crippen molar-refractivity contribution in [3.63, 3.8) is 0 Å². The van der Waals surface area contributed by atoms with Gasteiger partial charge in [-0.15, -0.1) is 0 Å². The van der Waals surface area contributed by atoms with E-state index in [1.807, 2.05) is 6.08 Å². The lowest BCUT2D eigenvalue weighted by atomic mass is 9.86. The van der Waals surface area contributed by atoms with Crippen molar-refractivity contribution < 1.29 is 19.4 Å². The second-order valence-corrected chi connectivity index (χ2v) is 7.67. The van der Waals surface area contributed by atoms with E-state index in [-0.39, 0.29) is 12.6 Å². The monoisotopic (exact) mass is 385 g/mol. The summed E-state index contributed by atoms with van der Waals surface area (Å²) in [5.74, 6) is -0.000491. The first-order chi connectivity index (χ1) is 13.5. The third-order valence-corrected chi connectivity index (χ3v) is 5.66. The van der Waals surface area contributed by atoms with Crippen LogP contribution in [0.25, 0.3) is 17.0 Å². The molecule has 5 nitrogen and oxygen atoms in total. The zero-order valence-electron chi connectivity index (χ0n) is 17.3. The van der Waals surface area contributed by atoms with E-state index in [0.29, 0.717) is 25.6 Å². The Morgan fingerprint density at radius 3 is 2.82 bits per heavy atom. The largest absolute Gasteiger partial charge is 0.463 e. The summed E-state index contributed by atoms with van der Waals surface area (Å²) in [7, 11) is 0. The zero-order chi connectivity index (χ0) is 20.3. The second-order valence-electron chi connectivity index (χ2n) is 7.67. The first kappa shape index (κ1) is 20.6. The molecule has 1 aliphatic heterocycles. The molecule has 0 amide bonds. The van der Waals surface area contributed by atoms with E-state index >= 15 is 0 Å². The van der Waals surface area contributed by atoms with Gasteiger partial charge in [0.15, 0.2) is 0 Å². The van der Waals surface area contributed by atoms with Gasteiger partial charge in [0, 0.05) is 30.0 Å². The minimum atomic E-state index is -0.462. The Labute approximate surface area is 166 Å². The number of rotatable bonds is 7. The van der Waals surface area contributed by atoms with Crippen molar-refractivity contribution in [2.75, 3.05) is 19.8 Å². The van der Waals surface area contributed by atoms with Crippen LogP contribution in [0.2, 0.25) is 0 Å². The van der Waals surface area contributed by atoms with Gasteiger partial charge in [-0.1, -0.05) is 20.8 Å². The number of aromatic nitrogens is 1. The van der Waals surface area contributed by atoms with Crippen LogP contribution in [0.4, 0.5) is 0 Å². The summed E-state index contributed by atoms with van der Waals surface area (Å²) < 4.78 is 11.2. The maximum Gasteiger partial charge on any atom is 0.330 e. The summed E-state index contributed by atoms with van der Waals surface area (Å²) >= 11 is 0. The molecule has 0 radical (unpaired) electrons. The number of esters is 1. The fraction of sp³-hybridized carbons (Fsp3) is 0.522. The molecule has 3 rings (SSSR count). The van der Waals surface area contributed by atoms with E-state index in [9.17, 15) is 9.90 Å². The minimum absolute atomic E-state index is 0.0905. The molecular weight excluding hydrogens is 354 g/mol. The maximum atomic E-state index is 11.7. The Morgan fingerprint density at radius 1 is 1.39 bits per heavy atom. The number of benzene rings is 1. The predicted octanol–water partition coefficient (Wildman–Crippen LogP) is 4.43. The Morgan fingerprint density at radius 2 is 2.18 bits per heavy atom. The molecule has 1 aromatic heterocycles. The summed E-state index contributed by atoms with van der Waals surface area (Å²) in [6.45, 7) is 9.35. The molecule has 0 saturated heterocycles. The topological polar surface area (TPSA) is 71.6 Å². The highest BCUT2D eigenvalue weighted by Crippen LogP contribution is 2.43. The van der Waals surface area contributed by atoms with Gasteiger partial charge >= 0.3 is 5.97 Å². The average Bonchev–Trinajstić information content (AvgIpc) is 3.06. The van der Waals surface area contributed by atoms with Gasteiger partial charge in [0.1, 0.15) is 5.60 Å². The SMILES string of the molecule is CCOC(=O)/C=C/c1cc(C(C)C)c2[nH]c3c(c2c1)CCOC3(CC)CCO. The molecule has 28 heavy (non-hydrogen) atoms. The van der Waals surface area contributed by atoms with Crippen molar-refractivity contribution in [1.82, 2.24) is 4.98 Å². The Balaban J connectivity index is 2.16. The predicted molar refractivity (Wildman–Crippen MR) is 111 cm³/mol. The number of nitrogens with one attached hydrogen (secondary N) is 1. The minimum Gasteiger partial charge on any atom is -0.463 e. The molecule has 1 unspecified atom stereocenters. The molecule has 0 fully saturated rings. The Bertz CT molecular complexity index is 880. The lowest BCUT2D eigenvalue weighted by Crippen LogP contribution is -2.36. The van der Waals surface area contributed by atoms with Gasteiger partial charge in [0.25, 0.3) is 0 Å². The van der Waals surface area contributed by atoms with Gasteiger partial charge in [0.05, 0.1) is 18.9 Å². The average molecular weight is 386 g/mol. The van der Waals surface area contributed by atoms with Crippen LogP contribution in [0, 0.1) is 0 Å². The van der Waals surface area contributed by atoms with Crippen LogP contribution in [0.5, 0.6) is 0 Å². The number of aromatic amines is 1. The van der Waals surface area contributed by atoms with Crippen LogP contribution in [-0.4, -0.2) is 35.9 Å². The number of aliphatic hydroxyl groups excluding tert-OH is 1. The molecular formula is C23H31NO4. The van der Waals surface area contributed by atoms with E-state index in [1.54, 1.807) is 6.92 Å². The van der Waals surface area contributed by atoms with Gasteiger partial charge in [-0.05, 0) is 60.6 Å². The fourth-order valence-corrected chi connectivity index (χ4v) is 4.21. The highest BCUT2D eigenvalue weighted by atomic mass is 16.5. The third-order valence-electron chi connectivity index (χ3n) is 5.66. The van der Waals surface area contributed by atoms with E-state index in [0.717, 1.165) is 29.6 Å². The van der Waals surface area contributed by atoms with Crippen LogP contribution in [0.15, 0.2) is 18.2 Å².